The zero-order valence-corrected chi connectivity index (χ0v) is 11.7. The van der Waals surface area contributed by atoms with Gasteiger partial charge in [-0.25, -0.2) is 0 Å². The van der Waals surface area contributed by atoms with E-state index in [0.29, 0.717) is 12.2 Å². The molecule has 0 aliphatic heterocycles. The van der Waals surface area contributed by atoms with Gasteiger partial charge in [0.05, 0.1) is 0 Å². The number of para-hydroxylation sites is 1. The number of aryl methyl sites for hydroxylation is 1. The first-order valence-corrected chi connectivity index (χ1v) is 6.46. The molecule has 108 valence electrons. The average Bonchev–Trinajstić information content (AvgIpc) is 2.43. The van der Waals surface area contributed by atoms with Crippen molar-refractivity contribution in [2.75, 3.05) is 18.4 Å². The fraction of sp³-hybridized carbons (Fsp3) is 0.357. The van der Waals surface area contributed by atoms with Gasteiger partial charge in [0.1, 0.15) is 0 Å². The highest BCUT2D eigenvalue weighted by Crippen LogP contribution is 2.14. The maximum Gasteiger partial charge on any atom is 0.313 e. The fourth-order valence-corrected chi connectivity index (χ4v) is 1.62. The van der Waals surface area contributed by atoms with Crippen LogP contribution >= 0.6 is 0 Å². The molecule has 0 atom stereocenters. The number of amides is 3. The number of anilines is 1. The molecule has 3 amide bonds. The molecule has 1 aromatic carbocycles. The second kappa shape index (κ2) is 7.93. The van der Waals surface area contributed by atoms with Crippen LogP contribution in [0.5, 0.6) is 0 Å². The summed E-state index contributed by atoms with van der Waals surface area (Å²) < 4.78 is 0. The molecule has 0 aliphatic carbocycles. The van der Waals surface area contributed by atoms with E-state index in [-0.39, 0.29) is 12.5 Å². The van der Waals surface area contributed by atoms with Crippen LogP contribution in [0.1, 0.15) is 19.4 Å². The topological polar surface area (TPSA) is 87.3 Å². The predicted octanol–water partition coefficient (Wildman–Crippen LogP) is 0.440. The summed E-state index contributed by atoms with van der Waals surface area (Å²) in [5, 5.41) is 7.52. The molecule has 20 heavy (non-hydrogen) atoms. The molecule has 0 heterocycles. The van der Waals surface area contributed by atoms with Crippen LogP contribution in [0.3, 0.4) is 0 Å². The van der Waals surface area contributed by atoms with E-state index in [1.165, 1.54) is 6.92 Å². The van der Waals surface area contributed by atoms with Gasteiger partial charge in [0.15, 0.2) is 0 Å². The molecule has 0 aliphatic rings. The fourth-order valence-electron chi connectivity index (χ4n) is 1.62. The molecule has 6 nitrogen and oxygen atoms in total. The first-order valence-electron chi connectivity index (χ1n) is 6.46. The van der Waals surface area contributed by atoms with Crippen molar-refractivity contribution >= 4 is 23.4 Å². The van der Waals surface area contributed by atoms with Crippen LogP contribution in [-0.2, 0) is 20.8 Å². The van der Waals surface area contributed by atoms with Gasteiger partial charge in [-0.2, -0.15) is 0 Å². The zero-order chi connectivity index (χ0) is 15.0. The van der Waals surface area contributed by atoms with E-state index in [1.807, 2.05) is 19.1 Å². The summed E-state index contributed by atoms with van der Waals surface area (Å²) in [6.45, 7) is 3.86. The molecular formula is C14H19N3O3. The summed E-state index contributed by atoms with van der Waals surface area (Å²) in [5.74, 6) is -1.62. The van der Waals surface area contributed by atoms with E-state index in [0.717, 1.165) is 12.0 Å². The number of hydrogen-bond donors (Lipinski definition) is 3. The Bertz CT molecular complexity index is 500. The van der Waals surface area contributed by atoms with E-state index in [4.69, 9.17) is 0 Å². The van der Waals surface area contributed by atoms with Gasteiger partial charge in [0.25, 0.3) is 0 Å². The van der Waals surface area contributed by atoms with Crippen molar-refractivity contribution in [2.24, 2.45) is 0 Å². The lowest BCUT2D eigenvalue weighted by Gasteiger charge is -2.09. The molecular weight excluding hydrogens is 258 g/mol. The smallest absolute Gasteiger partial charge is 0.313 e. The number of carbonyl (C=O) groups excluding carboxylic acids is 3. The van der Waals surface area contributed by atoms with E-state index in [2.05, 4.69) is 16.0 Å². The normalized spacial score (nSPS) is 9.70. The maximum absolute atomic E-state index is 11.7. The van der Waals surface area contributed by atoms with Crippen molar-refractivity contribution in [1.82, 2.24) is 10.6 Å². The van der Waals surface area contributed by atoms with E-state index < -0.39 is 11.8 Å². The minimum absolute atomic E-state index is 0.180. The Morgan fingerprint density at radius 2 is 1.65 bits per heavy atom. The number of benzene rings is 1. The van der Waals surface area contributed by atoms with Gasteiger partial charge in [-0.3, -0.25) is 14.4 Å². The standard InChI is InChI=1S/C14H19N3O3/c1-3-11-6-4-5-7-12(11)17-14(20)13(19)16-9-8-15-10(2)18/h4-7H,3,8-9H2,1-2H3,(H,15,18)(H,16,19)(H,17,20). The molecule has 0 bridgehead atoms. The molecule has 0 saturated carbocycles. The molecule has 0 radical (unpaired) electrons. The summed E-state index contributed by atoms with van der Waals surface area (Å²) >= 11 is 0. The van der Waals surface area contributed by atoms with Crippen LogP contribution < -0.4 is 16.0 Å². The summed E-state index contributed by atoms with van der Waals surface area (Å²) in [7, 11) is 0. The largest absolute Gasteiger partial charge is 0.355 e. The van der Waals surface area contributed by atoms with Crippen LogP contribution in [-0.4, -0.2) is 30.8 Å². The molecule has 0 saturated heterocycles. The summed E-state index contributed by atoms with van der Waals surface area (Å²) in [4.78, 5) is 33.9. The number of nitrogens with one attached hydrogen (secondary N) is 3. The third kappa shape index (κ3) is 5.09. The average molecular weight is 277 g/mol. The Labute approximate surface area is 117 Å². The van der Waals surface area contributed by atoms with Crippen LogP contribution in [0.25, 0.3) is 0 Å². The Balaban J connectivity index is 2.45. The highest BCUT2D eigenvalue weighted by atomic mass is 16.2. The highest BCUT2D eigenvalue weighted by Gasteiger charge is 2.14. The van der Waals surface area contributed by atoms with E-state index in [1.54, 1.807) is 12.1 Å². The van der Waals surface area contributed by atoms with Gasteiger partial charge >= 0.3 is 11.8 Å². The van der Waals surface area contributed by atoms with Crippen molar-refractivity contribution in [1.29, 1.82) is 0 Å². The summed E-state index contributed by atoms with van der Waals surface area (Å²) in [6, 6.07) is 7.32. The van der Waals surface area contributed by atoms with Crippen molar-refractivity contribution in [3.05, 3.63) is 29.8 Å². The monoisotopic (exact) mass is 277 g/mol. The number of rotatable bonds is 5. The van der Waals surface area contributed by atoms with E-state index >= 15 is 0 Å². The number of carbonyl (C=O) groups is 3. The Morgan fingerprint density at radius 3 is 2.30 bits per heavy atom. The molecule has 3 N–H and O–H groups in total. The Morgan fingerprint density at radius 1 is 1.00 bits per heavy atom. The second-order valence-corrected chi connectivity index (χ2v) is 4.20. The second-order valence-electron chi connectivity index (χ2n) is 4.20. The Hall–Kier alpha value is -2.37. The quantitative estimate of drug-likeness (QED) is 0.539. The molecule has 1 rings (SSSR count). The Kier molecular flexibility index (Phi) is 6.22. The molecule has 6 heteroatoms. The lowest BCUT2D eigenvalue weighted by Crippen LogP contribution is -2.39. The van der Waals surface area contributed by atoms with Crippen molar-refractivity contribution in [3.63, 3.8) is 0 Å². The van der Waals surface area contributed by atoms with Gasteiger partial charge in [-0.1, -0.05) is 25.1 Å². The molecule has 0 aromatic heterocycles. The van der Waals surface area contributed by atoms with Crippen molar-refractivity contribution in [3.8, 4) is 0 Å². The minimum Gasteiger partial charge on any atom is -0.355 e. The molecule has 1 aromatic rings. The summed E-state index contributed by atoms with van der Waals surface area (Å²) in [5.41, 5.74) is 1.60. The van der Waals surface area contributed by atoms with Gasteiger partial charge in [0.2, 0.25) is 5.91 Å². The molecule has 0 spiro atoms. The molecule has 0 unspecified atom stereocenters. The van der Waals surface area contributed by atoms with Crippen molar-refractivity contribution in [2.45, 2.75) is 20.3 Å². The van der Waals surface area contributed by atoms with Crippen LogP contribution in [0.15, 0.2) is 24.3 Å². The van der Waals surface area contributed by atoms with Crippen LogP contribution in [0.4, 0.5) is 5.69 Å². The lowest BCUT2D eigenvalue weighted by atomic mass is 10.1. The highest BCUT2D eigenvalue weighted by molar-refractivity contribution is 6.39. The first kappa shape index (κ1) is 15.7. The van der Waals surface area contributed by atoms with Gasteiger partial charge in [-0.15, -0.1) is 0 Å². The third-order valence-electron chi connectivity index (χ3n) is 2.64. The number of hydrogen-bond acceptors (Lipinski definition) is 3. The summed E-state index contributed by atoms with van der Waals surface area (Å²) in [6.07, 6.45) is 0.764. The SMILES string of the molecule is CCc1ccccc1NC(=O)C(=O)NCCNC(C)=O. The van der Waals surface area contributed by atoms with Gasteiger partial charge in [0, 0.05) is 25.7 Å². The minimum atomic E-state index is -0.721. The predicted molar refractivity (Wildman–Crippen MR) is 76.1 cm³/mol. The van der Waals surface area contributed by atoms with Crippen LogP contribution in [0, 0.1) is 0 Å². The first-order chi connectivity index (χ1) is 9.54. The van der Waals surface area contributed by atoms with Gasteiger partial charge in [-0.05, 0) is 18.1 Å². The zero-order valence-electron chi connectivity index (χ0n) is 11.7. The van der Waals surface area contributed by atoms with E-state index in [9.17, 15) is 14.4 Å². The lowest BCUT2D eigenvalue weighted by molar-refractivity contribution is -0.136. The third-order valence-corrected chi connectivity index (χ3v) is 2.64. The van der Waals surface area contributed by atoms with Crippen molar-refractivity contribution < 1.29 is 14.4 Å². The van der Waals surface area contributed by atoms with Crippen LogP contribution in [0.2, 0.25) is 0 Å². The van der Waals surface area contributed by atoms with Gasteiger partial charge < -0.3 is 16.0 Å². The molecule has 0 fully saturated rings. The maximum atomic E-state index is 11.7.